The van der Waals surface area contributed by atoms with Crippen LogP contribution in [0.15, 0.2) is 0 Å². The topological polar surface area (TPSA) is 78.9 Å². The maximum atomic E-state index is 11.7. The molecule has 0 unspecified atom stereocenters. The Hall–Kier alpha value is -1.30. The number of carbonyl (C=O) groups excluding carboxylic acids is 1. The fourth-order valence-electron chi connectivity index (χ4n) is 1.59. The third-order valence-corrected chi connectivity index (χ3v) is 2.77. The lowest BCUT2D eigenvalue weighted by molar-refractivity contribution is -0.138. The van der Waals surface area contributed by atoms with Crippen LogP contribution >= 0.6 is 0 Å². The zero-order chi connectivity index (χ0) is 12.1. The Balaban J connectivity index is 2.43. The molecular weight excluding hydrogens is 212 g/mol. The van der Waals surface area contributed by atoms with Crippen molar-refractivity contribution in [2.75, 3.05) is 20.3 Å². The third-order valence-electron chi connectivity index (χ3n) is 2.77. The summed E-state index contributed by atoms with van der Waals surface area (Å²) in [5, 5.41) is 11.1. The Labute approximate surface area is 94.6 Å². The summed E-state index contributed by atoms with van der Waals surface area (Å²) in [6.07, 6.45) is 1.59. The largest absolute Gasteiger partial charge is 0.480 e. The number of aliphatic carboxylic acids is 1. The third kappa shape index (κ3) is 3.37. The van der Waals surface area contributed by atoms with Gasteiger partial charge in [0.2, 0.25) is 0 Å². The molecule has 6 heteroatoms. The molecule has 16 heavy (non-hydrogen) atoms. The van der Waals surface area contributed by atoms with Crippen LogP contribution in [0.2, 0.25) is 0 Å². The second-order valence-corrected chi connectivity index (χ2v) is 3.96. The van der Waals surface area contributed by atoms with Gasteiger partial charge in [-0.2, -0.15) is 0 Å². The van der Waals surface area contributed by atoms with Crippen LogP contribution in [0.1, 0.15) is 19.8 Å². The highest BCUT2D eigenvalue weighted by Gasteiger charge is 2.24. The molecule has 1 atom stereocenters. The van der Waals surface area contributed by atoms with Crippen molar-refractivity contribution in [3.8, 4) is 0 Å². The highest BCUT2D eigenvalue weighted by Crippen LogP contribution is 2.12. The van der Waals surface area contributed by atoms with Gasteiger partial charge in [0, 0.05) is 26.3 Å². The molecule has 92 valence electrons. The van der Waals surface area contributed by atoms with Gasteiger partial charge in [-0.25, -0.2) is 4.79 Å². The summed E-state index contributed by atoms with van der Waals surface area (Å²) >= 11 is 0. The fourth-order valence-corrected chi connectivity index (χ4v) is 1.59. The molecule has 0 aromatic rings. The summed E-state index contributed by atoms with van der Waals surface area (Å²) < 4.78 is 5.20. The van der Waals surface area contributed by atoms with E-state index < -0.39 is 12.0 Å². The number of nitrogens with one attached hydrogen (secondary N) is 1. The van der Waals surface area contributed by atoms with Crippen LogP contribution in [0.5, 0.6) is 0 Å². The van der Waals surface area contributed by atoms with Gasteiger partial charge in [-0.3, -0.25) is 4.79 Å². The Morgan fingerprint density at radius 2 is 2.00 bits per heavy atom. The summed E-state index contributed by atoms with van der Waals surface area (Å²) in [6, 6.07) is -1.08. The predicted octanol–water partition coefficient (Wildman–Crippen LogP) is 0.280. The smallest absolute Gasteiger partial charge is 0.325 e. The highest BCUT2D eigenvalue weighted by atomic mass is 16.5. The summed E-state index contributed by atoms with van der Waals surface area (Å²) in [4.78, 5) is 23.8. The Morgan fingerprint density at radius 3 is 2.50 bits per heavy atom. The Kier molecular flexibility index (Phi) is 4.54. The SMILES string of the molecule is C[C@@H](NC(=O)N(C)C1CCOCC1)C(=O)O. The van der Waals surface area contributed by atoms with Gasteiger partial charge in [-0.05, 0) is 19.8 Å². The second kappa shape index (κ2) is 5.69. The van der Waals surface area contributed by atoms with Crippen LogP contribution in [-0.4, -0.2) is 54.4 Å². The van der Waals surface area contributed by atoms with E-state index in [-0.39, 0.29) is 12.1 Å². The van der Waals surface area contributed by atoms with Gasteiger partial charge < -0.3 is 20.1 Å². The number of carboxylic acids is 1. The van der Waals surface area contributed by atoms with Crippen LogP contribution < -0.4 is 5.32 Å². The van der Waals surface area contributed by atoms with Gasteiger partial charge in [-0.15, -0.1) is 0 Å². The minimum Gasteiger partial charge on any atom is -0.480 e. The molecule has 0 aromatic heterocycles. The minimum absolute atomic E-state index is 0.134. The number of nitrogens with zero attached hydrogens (tertiary/aromatic N) is 1. The van der Waals surface area contributed by atoms with Gasteiger partial charge in [0.15, 0.2) is 0 Å². The Bertz CT molecular complexity index is 264. The molecule has 2 amide bonds. The van der Waals surface area contributed by atoms with Crippen LogP contribution in [-0.2, 0) is 9.53 Å². The van der Waals surface area contributed by atoms with Crippen LogP contribution in [0.3, 0.4) is 0 Å². The molecule has 1 rings (SSSR count). The lowest BCUT2D eigenvalue weighted by Gasteiger charge is -2.31. The van der Waals surface area contributed by atoms with E-state index in [2.05, 4.69) is 5.32 Å². The average Bonchev–Trinajstić information content (AvgIpc) is 2.28. The number of rotatable bonds is 3. The normalized spacial score (nSPS) is 18.9. The van der Waals surface area contributed by atoms with Gasteiger partial charge in [-0.1, -0.05) is 0 Å². The molecule has 0 bridgehead atoms. The van der Waals surface area contributed by atoms with Crippen molar-refractivity contribution >= 4 is 12.0 Å². The van der Waals surface area contributed by atoms with Gasteiger partial charge in [0.25, 0.3) is 0 Å². The van der Waals surface area contributed by atoms with E-state index in [9.17, 15) is 9.59 Å². The summed E-state index contributed by atoms with van der Waals surface area (Å²) in [6.45, 7) is 2.74. The van der Waals surface area contributed by atoms with Crippen molar-refractivity contribution in [3.63, 3.8) is 0 Å². The Morgan fingerprint density at radius 1 is 1.44 bits per heavy atom. The van der Waals surface area contributed by atoms with E-state index in [1.165, 1.54) is 6.92 Å². The minimum atomic E-state index is -1.03. The number of hydrogen-bond acceptors (Lipinski definition) is 3. The molecule has 0 spiro atoms. The molecule has 0 saturated carbocycles. The van der Waals surface area contributed by atoms with Crippen molar-refractivity contribution < 1.29 is 19.4 Å². The number of carbonyl (C=O) groups is 2. The molecule has 6 nitrogen and oxygen atoms in total. The maximum Gasteiger partial charge on any atom is 0.325 e. The zero-order valence-corrected chi connectivity index (χ0v) is 9.60. The highest BCUT2D eigenvalue weighted by molar-refractivity contribution is 5.82. The van der Waals surface area contributed by atoms with Crippen LogP contribution in [0, 0.1) is 0 Å². The second-order valence-electron chi connectivity index (χ2n) is 3.96. The molecule has 1 aliphatic heterocycles. The first-order valence-electron chi connectivity index (χ1n) is 5.36. The van der Waals surface area contributed by atoms with E-state index in [1.54, 1.807) is 11.9 Å². The first kappa shape index (κ1) is 12.8. The first-order valence-corrected chi connectivity index (χ1v) is 5.36. The van der Waals surface area contributed by atoms with Crippen molar-refractivity contribution in [1.29, 1.82) is 0 Å². The molecule has 1 aliphatic rings. The van der Waals surface area contributed by atoms with Crippen molar-refractivity contribution in [3.05, 3.63) is 0 Å². The maximum absolute atomic E-state index is 11.7. The van der Waals surface area contributed by atoms with E-state index in [0.717, 1.165) is 12.8 Å². The van der Waals surface area contributed by atoms with Gasteiger partial charge >= 0.3 is 12.0 Å². The zero-order valence-electron chi connectivity index (χ0n) is 9.60. The van der Waals surface area contributed by atoms with Crippen LogP contribution in [0.4, 0.5) is 4.79 Å². The molecule has 1 saturated heterocycles. The average molecular weight is 230 g/mol. The number of carboxylic acid groups (broad SMARTS) is 1. The van der Waals surface area contributed by atoms with Crippen molar-refractivity contribution in [2.45, 2.75) is 31.8 Å². The van der Waals surface area contributed by atoms with Gasteiger partial charge in [0.05, 0.1) is 0 Å². The predicted molar refractivity (Wildman–Crippen MR) is 57.2 cm³/mol. The molecule has 1 heterocycles. The van der Waals surface area contributed by atoms with Crippen molar-refractivity contribution in [1.82, 2.24) is 10.2 Å². The van der Waals surface area contributed by atoms with E-state index >= 15 is 0 Å². The molecule has 1 fully saturated rings. The number of ether oxygens (including phenoxy) is 1. The van der Waals surface area contributed by atoms with E-state index in [1.807, 2.05) is 0 Å². The first-order chi connectivity index (χ1) is 7.52. The molecule has 0 aromatic carbocycles. The van der Waals surface area contributed by atoms with Crippen LogP contribution in [0.25, 0.3) is 0 Å². The fraction of sp³-hybridized carbons (Fsp3) is 0.800. The van der Waals surface area contributed by atoms with E-state index in [4.69, 9.17) is 9.84 Å². The summed E-state index contributed by atoms with van der Waals surface area (Å²) in [5.41, 5.74) is 0. The number of urea groups is 1. The van der Waals surface area contributed by atoms with Gasteiger partial charge in [0.1, 0.15) is 6.04 Å². The molecule has 2 N–H and O–H groups in total. The lowest BCUT2D eigenvalue weighted by Crippen LogP contribution is -2.49. The van der Waals surface area contributed by atoms with Crippen molar-refractivity contribution in [2.24, 2.45) is 0 Å². The number of hydrogen-bond donors (Lipinski definition) is 2. The standard InChI is InChI=1S/C10H18N2O4/c1-7(9(13)14)11-10(15)12(2)8-3-5-16-6-4-8/h7-8H,3-6H2,1-2H3,(H,11,15)(H,13,14)/t7-/m1/s1. The lowest BCUT2D eigenvalue weighted by atomic mass is 10.1. The molecular formula is C10H18N2O4. The monoisotopic (exact) mass is 230 g/mol. The summed E-state index contributed by atoms with van der Waals surface area (Å²) in [5.74, 6) is -1.03. The quantitative estimate of drug-likeness (QED) is 0.730. The molecule has 0 aliphatic carbocycles. The number of amides is 2. The summed E-state index contributed by atoms with van der Waals surface area (Å²) in [7, 11) is 1.68. The molecule has 0 radical (unpaired) electrons. The van der Waals surface area contributed by atoms with E-state index in [0.29, 0.717) is 13.2 Å².